The first-order valence-corrected chi connectivity index (χ1v) is 5.45. The molecule has 0 saturated heterocycles. The fourth-order valence-electron chi connectivity index (χ4n) is 1.78. The summed E-state index contributed by atoms with van der Waals surface area (Å²) in [5.41, 5.74) is 2.28. The molecule has 1 aromatic carbocycles. The van der Waals surface area contributed by atoms with Crippen molar-refractivity contribution in [2.75, 3.05) is 13.1 Å². The summed E-state index contributed by atoms with van der Waals surface area (Å²) >= 11 is 0. The number of para-hydroxylation sites is 2. The first-order chi connectivity index (χ1) is 7.33. The van der Waals surface area contributed by atoms with Crippen molar-refractivity contribution in [1.82, 2.24) is 14.9 Å². The first-order valence-electron chi connectivity index (χ1n) is 5.45. The smallest absolute Gasteiger partial charge is 0.0961 e. The van der Waals surface area contributed by atoms with Gasteiger partial charge in [0.2, 0.25) is 0 Å². The Hall–Kier alpha value is -1.35. The number of aromatic nitrogens is 2. The van der Waals surface area contributed by atoms with E-state index in [2.05, 4.69) is 40.8 Å². The molecule has 2 rings (SSSR count). The quantitative estimate of drug-likeness (QED) is 0.825. The molecule has 1 aromatic heterocycles. The highest BCUT2D eigenvalue weighted by atomic mass is 15.1. The normalized spacial score (nSPS) is 13.2. The summed E-state index contributed by atoms with van der Waals surface area (Å²) in [5, 5.41) is 3.35. The SMILES string of the molecule is CCNCC(C)n1cnc2ccccc21. The molecule has 0 amide bonds. The Kier molecular flexibility index (Phi) is 3.02. The van der Waals surface area contributed by atoms with Gasteiger partial charge in [0, 0.05) is 12.6 Å². The van der Waals surface area contributed by atoms with E-state index in [0.717, 1.165) is 18.6 Å². The lowest BCUT2D eigenvalue weighted by molar-refractivity contribution is 0.512. The second-order valence-corrected chi connectivity index (χ2v) is 3.80. The van der Waals surface area contributed by atoms with Crippen LogP contribution in [0.25, 0.3) is 11.0 Å². The molecule has 0 aliphatic heterocycles. The molecular weight excluding hydrogens is 186 g/mol. The lowest BCUT2D eigenvalue weighted by atomic mass is 10.2. The molecule has 0 aliphatic rings. The van der Waals surface area contributed by atoms with Gasteiger partial charge in [0.05, 0.1) is 17.4 Å². The summed E-state index contributed by atoms with van der Waals surface area (Å²) in [7, 11) is 0. The van der Waals surface area contributed by atoms with E-state index in [1.165, 1.54) is 5.52 Å². The Bertz CT molecular complexity index is 433. The van der Waals surface area contributed by atoms with Crippen molar-refractivity contribution in [3.63, 3.8) is 0 Å². The van der Waals surface area contributed by atoms with E-state index in [9.17, 15) is 0 Å². The summed E-state index contributed by atoms with van der Waals surface area (Å²) in [4.78, 5) is 4.38. The van der Waals surface area contributed by atoms with E-state index >= 15 is 0 Å². The molecule has 15 heavy (non-hydrogen) atoms. The summed E-state index contributed by atoms with van der Waals surface area (Å²) in [5.74, 6) is 0. The molecule has 1 N–H and O–H groups in total. The predicted octanol–water partition coefficient (Wildman–Crippen LogP) is 2.21. The third-order valence-electron chi connectivity index (χ3n) is 2.65. The highest BCUT2D eigenvalue weighted by Crippen LogP contribution is 2.16. The Labute approximate surface area is 90.1 Å². The van der Waals surface area contributed by atoms with Crippen LogP contribution >= 0.6 is 0 Å². The van der Waals surface area contributed by atoms with E-state index < -0.39 is 0 Å². The summed E-state index contributed by atoms with van der Waals surface area (Å²) in [6.45, 7) is 6.32. The van der Waals surface area contributed by atoms with Gasteiger partial charge >= 0.3 is 0 Å². The zero-order valence-electron chi connectivity index (χ0n) is 9.27. The van der Waals surface area contributed by atoms with Gasteiger partial charge in [0.15, 0.2) is 0 Å². The van der Waals surface area contributed by atoms with Crippen LogP contribution in [0.4, 0.5) is 0 Å². The van der Waals surface area contributed by atoms with Crippen LogP contribution in [0.3, 0.4) is 0 Å². The highest BCUT2D eigenvalue weighted by Gasteiger charge is 2.07. The third kappa shape index (κ3) is 2.02. The van der Waals surface area contributed by atoms with Crippen molar-refractivity contribution in [2.45, 2.75) is 19.9 Å². The van der Waals surface area contributed by atoms with E-state index in [0.29, 0.717) is 6.04 Å². The maximum absolute atomic E-state index is 4.38. The molecule has 3 nitrogen and oxygen atoms in total. The van der Waals surface area contributed by atoms with Crippen molar-refractivity contribution >= 4 is 11.0 Å². The number of fused-ring (bicyclic) bond motifs is 1. The summed E-state index contributed by atoms with van der Waals surface area (Å²) in [6.07, 6.45) is 1.92. The van der Waals surface area contributed by atoms with Crippen LogP contribution in [0.5, 0.6) is 0 Å². The van der Waals surface area contributed by atoms with Crippen LogP contribution < -0.4 is 5.32 Å². The topological polar surface area (TPSA) is 29.9 Å². The fourth-order valence-corrected chi connectivity index (χ4v) is 1.78. The third-order valence-corrected chi connectivity index (χ3v) is 2.65. The summed E-state index contributed by atoms with van der Waals surface area (Å²) in [6, 6.07) is 8.68. The van der Waals surface area contributed by atoms with Crippen LogP contribution in [-0.2, 0) is 0 Å². The molecule has 0 bridgehead atoms. The molecule has 0 spiro atoms. The number of hydrogen-bond donors (Lipinski definition) is 1. The molecular formula is C12H17N3. The van der Waals surface area contributed by atoms with Gasteiger partial charge in [0.1, 0.15) is 0 Å². The van der Waals surface area contributed by atoms with Gasteiger partial charge in [0.25, 0.3) is 0 Å². The van der Waals surface area contributed by atoms with Crippen LogP contribution in [0.2, 0.25) is 0 Å². The largest absolute Gasteiger partial charge is 0.326 e. The minimum atomic E-state index is 0.442. The average Bonchev–Trinajstić information content (AvgIpc) is 2.69. The average molecular weight is 203 g/mol. The molecule has 80 valence electrons. The highest BCUT2D eigenvalue weighted by molar-refractivity contribution is 5.75. The second kappa shape index (κ2) is 4.45. The van der Waals surface area contributed by atoms with Crippen LogP contribution in [0.15, 0.2) is 30.6 Å². The number of benzene rings is 1. The zero-order chi connectivity index (χ0) is 10.7. The number of hydrogen-bond acceptors (Lipinski definition) is 2. The lowest BCUT2D eigenvalue weighted by Gasteiger charge is -2.14. The maximum atomic E-state index is 4.38. The standard InChI is InChI=1S/C12H17N3/c1-3-13-8-10(2)15-9-14-11-6-4-5-7-12(11)15/h4-7,9-10,13H,3,8H2,1-2H3. The molecule has 0 saturated carbocycles. The van der Waals surface area contributed by atoms with Gasteiger partial charge in [-0.1, -0.05) is 19.1 Å². The molecule has 3 heteroatoms. The molecule has 1 unspecified atom stereocenters. The van der Waals surface area contributed by atoms with Gasteiger partial charge in [-0.15, -0.1) is 0 Å². The number of rotatable bonds is 4. The van der Waals surface area contributed by atoms with Gasteiger partial charge in [-0.2, -0.15) is 0 Å². The Morgan fingerprint density at radius 2 is 2.20 bits per heavy atom. The number of nitrogens with one attached hydrogen (secondary N) is 1. The van der Waals surface area contributed by atoms with Crippen LogP contribution in [-0.4, -0.2) is 22.6 Å². The van der Waals surface area contributed by atoms with Gasteiger partial charge < -0.3 is 9.88 Å². The Morgan fingerprint density at radius 1 is 1.40 bits per heavy atom. The van der Waals surface area contributed by atoms with Crippen LogP contribution in [0.1, 0.15) is 19.9 Å². The van der Waals surface area contributed by atoms with Crippen molar-refractivity contribution < 1.29 is 0 Å². The lowest BCUT2D eigenvalue weighted by Crippen LogP contribution is -2.22. The molecule has 1 heterocycles. The van der Waals surface area contributed by atoms with E-state index in [-0.39, 0.29) is 0 Å². The zero-order valence-corrected chi connectivity index (χ0v) is 9.27. The van der Waals surface area contributed by atoms with E-state index in [1.807, 2.05) is 18.5 Å². The van der Waals surface area contributed by atoms with E-state index in [4.69, 9.17) is 0 Å². The van der Waals surface area contributed by atoms with Gasteiger partial charge in [-0.25, -0.2) is 4.98 Å². The van der Waals surface area contributed by atoms with Gasteiger partial charge in [-0.3, -0.25) is 0 Å². The second-order valence-electron chi connectivity index (χ2n) is 3.80. The molecule has 0 radical (unpaired) electrons. The number of nitrogens with zero attached hydrogens (tertiary/aromatic N) is 2. The number of likely N-dealkylation sites (N-methyl/N-ethyl adjacent to an activating group) is 1. The van der Waals surface area contributed by atoms with Crippen molar-refractivity contribution in [3.05, 3.63) is 30.6 Å². The molecule has 2 aromatic rings. The minimum absolute atomic E-state index is 0.442. The van der Waals surface area contributed by atoms with E-state index in [1.54, 1.807) is 0 Å². The number of imidazole rings is 1. The fraction of sp³-hybridized carbons (Fsp3) is 0.417. The van der Waals surface area contributed by atoms with Crippen LogP contribution in [0, 0.1) is 0 Å². The summed E-state index contributed by atoms with van der Waals surface area (Å²) < 4.78 is 2.22. The molecule has 0 aliphatic carbocycles. The van der Waals surface area contributed by atoms with Crippen molar-refractivity contribution in [3.8, 4) is 0 Å². The minimum Gasteiger partial charge on any atom is -0.326 e. The van der Waals surface area contributed by atoms with Gasteiger partial charge in [-0.05, 0) is 25.6 Å². The first kappa shape index (κ1) is 10.2. The Balaban J connectivity index is 2.27. The predicted molar refractivity (Wildman–Crippen MR) is 63.0 cm³/mol. The molecule has 0 fully saturated rings. The monoisotopic (exact) mass is 203 g/mol. The molecule has 1 atom stereocenters. The van der Waals surface area contributed by atoms with Crippen molar-refractivity contribution in [1.29, 1.82) is 0 Å². The Morgan fingerprint density at radius 3 is 3.00 bits per heavy atom. The van der Waals surface area contributed by atoms with Crippen molar-refractivity contribution in [2.24, 2.45) is 0 Å². The maximum Gasteiger partial charge on any atom is 0.0961 e.